The van der Waals surface area contributed by atoms with Crippen LogP contribution in [-0.2, 0) is 17.7 Å². The molecule has 0 bridgehead atoms. The molecule has 1 saturated heterocycles. The van der Waals surface area contributed by atoms with E-state index in [9.17, 15) is 4.79 Å². The van der Waals surface area contributed by atoms with Gasteiger partial charge in [-0.1, -0.05) is 18.2 Å². The first-order valence-corrected chi connectivity index (χ1v) is 9.47. The van der Waals surface area contributed by atoms with E-state index in [-0.39, 0.29) is 18.1 Å². The van der Waals surface area contributed by atoms with Crippen LogP contribution >= 0.6 is 0 Å². The van der Waals surface area contributed by atoms with Gasteiger partial charge in [-0.15, -0.1) is 0 Å². The number of para-hydroxylation sites is 1. The van der Waals surface area contributed by atoms with Gasteiger partial charge in [-0.05, 0) is 38.3 Å². The van der Waals surface area contributed by atoms with Gasteiger partial charge in [0.1, 0.15) is 0 Å². The Morgan fingerprint density at radius 3 is 2.88 bits per heavy atom. The maximum absolute atomic E-state index is 12.7. The molecule has 0 radical (unpaired) electrons. The Hall–Kier alpha value is -2.34. The summed E-state index contributed by atoms with van der Waals surface area (Å²) in [5.41, 5.74) is 4.79. The van der Waals surface area contributed by atoms with Crippen molar-refractivity contribution >= 4 is 11.6 Å². The fourth-order valence-corrected chi connectivity index (χ4v) is 4.05. The highest BCUT2D eigenvalue weighted by atomic mass is 16.5. The highest BCUT2D eigenvalue weighted by molar-refractivity contribution is 5.94. The summed E-state index contributed by atoms with van der Waals surface area (Å²) in [5.74, 6) is -0.125. The molecule has 2 aromatic rings. The minimum Gasteiger partial charge on any atom is -0.371 e. The zero-order valence-corrected chi connectivity index (χ0v) is 15.4. The Kier molecular flexibility index (Phi) is 4.68. The number of rotatable bonds is 4. The second-order valence-electron chi connectivity index (χ2n) is 7.26. The van der Waals surface area contributed by atoms with Crippen LogP contribution in [0.25, 0.3) is 0 Å². The molecule has 2 aliphatic rings. The van der Waals surface area contributed by atoms with E-state index in [0.717, 1.165) is 29.9 Å². The van der Waals surface area contributed by atoms with Crippen LogP contribution in [0.5, 0.6) is 0 Å². The lowest BCUT2D eigenvalue weighted by molar-refractivity contribution is -0.00697. The predicted molar refractivity (Wildman–Crippen MR) is 100 cm³/mol. The molecule has 138 valence electrons. The lowest BCUT2D eigenvalue weighted by Crippen LogP contribution is -2.28. The van der Waals surface area contributed by atoms with Crippen molar-refractivity contribution in [2.24, 2.45) is 0 Å². The van der Waals surface area contributed by atoms with Gasteiger partial charge in [0.05, 0.1) is 17.9 Å². The summed E-state index contributed by atoms with van der Waals surface area (Å²) in [5, 5.41) is 10.3. The van der Waals surface area contributed by atoms with Gasteiger partial charge in [0, 0.05) is 37.3 Å². The summed E-state index contributed by atoms with van der Waals surface area (Å²) >= 11 is 0. The number of anilines is 1. The summed E-state index contributed by atoms with van der Waals surface area (Å²) in [6, 6.07) is 8.32. The largest absolute Gasteiger partial charge is 0.371 e. The molecule has 0 saturated carbocycles. The number of ether oxygens (including phenoxy) is 1. The number of aromatic amines is 1. The number of carbonyl (C=O) groups is 1. The molecule has 4 rings (SSSR count). The number of nitrogens with one attached hydrogen (secondary N) is 2. The molecule has 0 aliphatic carbocycles. The number of H-pyrrole nitrogens is 1. The molecule has 1 aromatic heterocycles. The van der Waals surface area contributed by atoms with Crippen molar-refractivity contribution in [2.45, 2.75) is 51.9 Å². The topological polar surface area (TPSA) is 70.2 Å². The van der Waals surface area contributed by atoms with Crippen LogP contribution in [0.3, 0.4) is 0 Å². The fraction of sp³-hybridized carbons (Fsp3) is 0.500. The average molecular weight is 354 g/mol. The van der Waals surface area contributed by atoms with Crippen LogP contribution in [-0.4, -0.2) is 35.3 Å². The predicted octanol–water partition coefficient (Wildman–Crippen LogP) is 2.96. The van der Waals surface area contributed by atoms with E-state index in [4.69, 9.17) is 4.74 Å². The number of hydrogen-bond donors (Lipinski definition) is 2. The third kappa shape index (κ3) is 3.21. The van der Waals surface area contributed by atoms with Gasteiger partial charge in [-0.3, -0.25) is 9.89 Å². The molecule has 2 N–H and O–H groups in total. The summed E-state index contributed by atoms with van der Waals surface area (Å²) < 4.78 is 5.80. The summed E-state index contributed by atoms with van der Waals surface area (Å²) in [6.45, 7) is 6.71. The van der Waals surface area contributed by atoms with Gasteiger partial charge in [-0.2, -0.15) is 5.10 Å². The number of carbonyl (C=O) groups excluding carboxylic acids is 1. The van der Waals surface area contributed by atoms with E-state index in [0.29, 0.717) is 18.7 Å². The first-order chi connectivity index (χ1) is 12.6. The molecule has 26 heavy (non-hydrogen) atoms. The molecule has 2 atom stereocenters. The maximum atomic E-state index is 12.7. The molecule has 1 fully saturated rings. The first-order valence-electron chi connectivity index (χ1n) is 9.47. The number of fused-ring (bicyclic) bond motifs is 1. The van der Waals surface area contributed by atoms with Crippen LogP contribution in [0.4, 0.5) is 5.69 Å². The van der Waals surface area contributed by atoms with Crippen molar-refractivity contribution in [2.75, 3.05) is 18.0 Å². The lowest BCUT2D eigenvalue weighted by Gasteiger charge is -2.25. The number of benzene rings is 1. The number of amides is 1. The molecule has 0 spiro atoms. The van der Waals surface area contributed by atoms with Gasteiger partial charge in [0.25, 0.3) is 5.91 Å². The van der Waals surface area contributed by atoms with Crippen molar-refractivity contribution in [1.82, 2.24) is 15.5 Å². The molecular formula is C20H26N4O2. The number of hydrogen-bond acceptors (Lipinski definition) is 4. The van der Waals surface area contributed by atoms with Crippen molar-refractivity contribution in [3.05, 3.63) is 46.8 Å². The van der Waals surface area contributed by atoms with E-state index in [1.807, 2.05) is 19.9 Å². The molecule has 6 heteroatoms. The molecule has 2 aliphatic heterocycles. The van der Waals surface area contributed by atoms with Gasteiger partial charge in [-0.25, -0.2) is 0 Å². The Morgan fingerprint density at radius 2 is 2.08 bits per heavy atom. The van der Waals surface area contributed by atoms with Crippen molar-refractivity contribution < 1.29 is 9.53 Å². The van der Waals surface area contributed by atoms with Crippen LogP contribution < -0.4 is 10.2 Å². The Labute approximate surface area is 153 Å². The third-order valence-corrected chi connectivity index (χ3v) is 5.33. The van der Waals surface area contributed by atoms with Gasteiger partial charge < -0.3 is 15.0 Å². The molecule has 3 heterocycles. The van der Waals surface area contributed by atoms with Crippen LogP contribution in [0.1, 0.15) is 60.1 Å². The standard InChI is InChI=1S/C20H26N4O2/c1-13-11-16-18(14(2)26-13)22-23-19(16)20(25)21-12-15-7-3-4-8-17(15)24-9-5-6-10-24/h3-4,7-8,13-14H,5-6,9-12H2,1-2H3,(H,21,25)(H,22,23)/t13-,14+/m1/s1. The van der Waals surface area contributed by atoms with E-state index >= 15 is 0 Å². The smallest absolute Gasteiger partial charge is 0.272 e. The normalized spacial score (nSPS) is 22.3. The van der Waals surface area contributed by atoms with E-state index in [2.05, 4.69) is 38.6 Å². The highest BCUT2D eigenvalue weighted by Gasteiger charge is 2.29. The average Bonchev–Trinajstić information content (AvgIpc) is 3.29. The van der Waals surface area contributed by atoms with Crippen molar-refractivity contribution in [3.8, 4) is 0 Å². The second-order valence-corrected chi connectivity index (χ2v) is 7.26. The van der Waals surface area contributed by atoms with Gasteiger partial charge >= 0.3 is 0 Å². The second kappa shape index (κ2) is 7.11. The lowest BCUT2D eigenvalue weighted by atomic mass is 9.99. The monoisotopic (exact) mass is 354 g/mol. The Bertz CT molecular complexity index is 795. The fourth-order valence-electron chi connectivity index (χ4n) is 4.05. The van der Waals surface area contributed by atoms with Crippen molar-refractivity contribution in [3.63, 3.8) is 0 Å². The quantitative estimate of drug-likeness (QED) is 0.886. The molecule has 0 unspecified atom stereocenters. The van der Waals surface area contributed by atoms with E-state index in [1.165, 1.54) is 18.5 Å². The molecule has 1 amide bonds. The Morgan fingerprint density at radius 1 is 1.31 bits per heavy atom. The van der Waals surface area contributed by atoms with Crippen LogP contribution in [0.15, 0.2) is 24.3 Å². The third-order valence-electron chi connectivity index (χ3n) is 5.33. The first kappa shape index (κ1) is 17.1. The van der Waals surface area contributed by atoms with Gasteiger partial charge in [0.15, 0.2) is 5.69 Å². The molecule has 1 aromatic carbocycles. The minimum absolute atomic E-state index is 0.0568. The van der Waals surface area contributed by atoms with Crippen LogP contribution in [0.2, 0.25) is 0 Å². The molecule has 6 nitrogen and oxygen atoms in total. The number of aromatic nitrogens is 2. The summed E-state index contributed by atoms with van der Waals surface area (Å²) in [7, 11) is 0. The zero-order valence-electron chi connectivity index (χ0n) is 15.4. The summed E-state index contributed by atoms with van der Waals surface area (Å²) in [4.78, 5) is 15.2. The highest BCUT2D eigenvalue weighted by Crippen LogP contribution is 2.30. The van der Waals surface area contributed by atoms with Gasteiger partial charge in [0.2, 0.25) is 0 Å². The minimum atomic E-state index is -0.125. The Balaban J connectivity index is 1.49. The number of nitrogens with zero attached hydrogens (tertiary/aromatic N) is 2. The van der Waals surface area contributed by atoms with E-state index in [1.54, 1.807) is 0 Å². The van der Waals surface area contributed by atoms with Crippen molar-refractivity contribution in [1.29, 1.82) is 0 Å². The zero-order chi connectivity index (χ0) is 18.1. The summed E-state index contributed by atoms with van der Waals surface area (Å²) in [6.07, 6.45) is 3.22. The maximum Gasteiger partial charge on any atom is 0.272 e. The SMILES string of the molecule is C[C@@H]1Cc2c(C(=O)NCc3ccccc3N3CCCC3)n[nH]c2[C@H](C)O1. The van der Waals surface area contributed by atoms with E-state index < -0.39 is 0 Å². The molecular weight excluding hydrogens is 328 g/mol. The van der Waals surface area contributed by atoms with Crippen LogP contribution in [0, 0.1) is 0 Å².